The predicted octanol–water partition coefficient (Wildman–Crippen LogP) is 0.887. The van der Waals surface area contributed by atoms with Crippen molar-refractivity contribution in [3.63, 3.8) is 0 Å². The summed E-state index contributed by atoms with van der Waals surface area (Å²) in [4.78, 5) is 21.6. The standard InChI is InChI=1S/C8H8O2/c1-2-6-5-7(9)3-4-8(6)10/h2-4,6H,1,5H2. The third-order valence-corrected chi connectivity index (χ3v) is 1.50. The summed E-state index contributed by atoms with van der Waals surface area (Å²) >= 11 is 0. The lowest BCUT2D eigenvalue weighted by atomic mass is 9.93. The van der Waals surface area contributed by atoms with E-state index in [1.165, 1.54) is 18.2 Å². The Labute approximate surface area is 59.2 Å². The molecule has 0 spiro atoms. The minimum absolute atomic E-state index is 0.00417. The molecule has 0 bridgehead atoms. The number of rotatable bonds is 1. The lowest BCUT2D eigenvalue weighted by Gasteiger charge is -2.09. The highest BCUT2D eigenvalue weighted by atomic mass is 16.1. The second-order valence-corrected chi connectivity index (χ2v) is 2.25. The van der Waals surface area contributed by atoms with Crippen LogP contribution in [0.4, 0.5) is 0 Å². The molecule has 0 saturated heterocycles. The highest BCUT2D eigenvalue weighted by molar-refractivity contribution is 6.06. The van der Waals surface area contributed by atoms with Gasteiger partial charge in [-0.1, -0.05) is 6.08 Å². The number of carbonyl (C=O) groups is 2. The Morgan fingerprint density at radius 3 is 2.70 bits per heavy atom. The smallest absolute Gasteiger partial charge is 0.163 e. The van der Waals surface area contributed by atoms with E-state index in [9.17, 15) is 9.59 Å². The van der Waals surface area contributed by atoms with E-state index in [0.717, 1.165) is 0 Å². The van der Waals surface area contributed by atoms with Crippen molar-refractivity contribution in [2.24, 2.45) is 5.92 Å². The van der Waals surface area contributed by atoms with E-state index in [4.69, 9.17) is 0 Å². The number of carbonyl (C=O) groups excluding carboxylic acids is 2. The fourth-order valence-corrected chi connectivity index (χ4v) is 0.884. The van der Waals surface area contributed by atoms with Crippen molar-refractivity contribution in [2.75, 3.05) is 0 Å². The first-order chi connectivity index (χ1) is 4.74. The maximum atomic E-state index is 10.9. The van der Waals surface area contributed by atoms with E-state index in [0.29, 0.717) is 6.42 Å². The third kappa shape index (κ3) is 1.21. The summed E-state index contributed by atoms with van der Waals surface area (Å²) < 4.78 is 0. The lowest BCUT2D eigenvalue weighted by molar-refractivity contribution is -0.123. The maximum Gasteiger partial charge on any atom is 0.163 e. The van der Waals surface area contributed by atoms with E-state index in [2.05, 4.69) is 6.58 Å². The fraction of sp³-hybridized carbons (Fsp3) is 0.250. The molecule has 0 N–H and O–H groups in total. The van der Waals surface area contributed by atoms with Crippen LogP contribution < -0.4 is 0 Å². The third-order valence-electron chi connectivity index (χ3n) is 1.50. The van der Waals surface area contributed by atoms with Gasteiger partial charge < -0.3 is 0 Å². The fourth-order valence-electron chi connectivity index (χ4n) is 0.884. The van der Waals surface area contributed by atoms with Crippen molar-refractivity contribution < 1.29 is 9.59 Å². The van der Waals surface area contributed by atoms with Crippen molar-refractivity contribution in [1.82, 2.24) is 0 Å². The summed E-state index contributed by atoms with van der Waals surface area (Å²) in [7, 11) is 0. The molecular weight excluding hydrogens is 128 g/mol. The van der Waals surface area contributed by atoms with Crippen LogP contribution in [0.15, 0.2) is 24.8 Å². The molecule has 1 rings (SSSR count). The molecule has 0 fully saturated rings. The first-order valence-electron chi connectivity index (χ1n) is 3.11. The van der Waals surface area contributed by atoms with Gasteiger partial charge in [-0.25, -0.2) is 0 Å². The van der Waals surface area contributed by atoms with E-state index in [1.807, 2.05) is 0 Å². The number of hydrogen-bond donors (Lipinski definition) is 0. The van der Waals surface area contributed by atoms with Gasteiger partial charge in [-0.05, 0) is 12.2 Å². The maximum absolute atomic E-state index is 10.9. The van der Waals surface area contributed by atoms with Crippen LogP contribution in [0.5, 0.6) is 0 Å². The predicted molar refractivity (Wildman–Crippen MR) is 37.5 cm³/mol. The average molecular weight is 136 g/mol. The van der Waals surface area contributed by atoms with Crippen molar-refractivity contribution in [2.45, 2.75) is 6.42 Å². The summed E-state index contributed by atoms with van der Waals surface area (Å²) in [5.74, 6) is -0.295. The largest absolute Gasteiger partial charge is 0.295 e. The molecule has 0 aliphatic heterocycles. The highest BCUT2D eigenvalue weighted by Gasteiger charge is 2.19. The van der Waals surface area contributed by atoms with Crippen LogP contribution in [-0.2, 0) is 9.59 Å². The molecule has 2 heteroatoms. The van der Waals surface area contributed by atoms with Crippen LogP contribution in [0, 0.1) is 5.92 Å². The van der Waals surface area contributed by atoms with E-state index in [-0.39, 0.29) is 17.5 Å². The van der Waals surface area contributed by atoms with Gasteiger partial charge in [0, 0.05) is 12.3 Å². The van der Waals surface area contributed by atoms with Crippen LogP contribution in [-0.4, -0.2) is 11.6 Å². The molecule has 52 valence electrons. The summed E-state index contributed by atoms with van der Waals surface area (Å²) in [6.07, 6.45) is 4.45. The van der Waals surface area contributed by atoms with E-state index >= 15 is 0 Å². The Morgan fingerprint density at radius 1 is 1.50 bits per heavy atom. The van der Waals surface area contributed by atoms with Crippen molar-refractivity contribution in [1.29, 1.82) is 0 Å². The van der Waals surface area contributed by atoms with Crippen LogP contribution >= 0.6 is 0 Å². The van der Waals surface area contributed by atoms with Gasteiger partial charge in [0.15, 0.2) is 11.6 Å². The van der Waals surface area contributed by atoms with Gasteiger partial charge in [0.1, 0.15) is 0 Å². The summed E-state index contributed by atoms with van der Waals surface area (Å²) in [6.45, 7) is 3.46. The van der Waals surface area contributed by atoms with Gasteiger partial charge >= 0.3 is 0 Å². The Hall–Kier alpha value is -1.18. The second-order valence-electron chi connectivity index (χ2n) is 2.25. The first-order valence-corrected chi connectivity index (χ1v) is 3.11. The topological polar surface area (TPSA) is 34.1 Å². The Morgan fingerprint density at radius 2 is 2.20 bits per heavy atom. The van der Waals surface area contributed by atoms with Crippen LogP contribution in [0.1, 0.15) is 6.42 Å². The average Bonchev–Trinajstić information content (AvgIpc) is 1.94. The number of ketones is 2. The molecule has 1 aliphatic carbocycles. The van der Waals surface area contributed by atoms with Crippen LogP contribution in [0.3, 0.4) is 0 Å². The molecular formula is C8H8O2. The number of hydrogen-bond acceptors (Lipinski definition) is 2. The highest BCUT2D eigenvalue weighted by Crippen LogP contribution is 2.12. The van der Waals surface area contributed by atoms with Crippen LogP contribution in [0.2, 0.25) is 0 Å². The first kappa shape index (κ1) is 6.93. The zero-order chi connectivity index (χ0) is 7.56. The van der Waals surface area contributed by atoms with Gasteiger partial charge in [-0.15, -0.1) is 6.58 Å². The minimum Gasteiger partial charge on any atom is -0.295 e. The SMILES string of the molecule is C=CC1CC(=O)C=CC1=O. The van der Waals surface area contributed by atoms with Gasteiger partial charge in [-0.3, -0.25) is 9.59 Å². The molecule has 0 heterocycles. The monoisotopic (exact) mass is 136 g/mol. The van der Waals surface area contributed by atoms with Crippen molar-refractivity contribution in [3.8, 4) is 0 Å². The van der Waals surface area contributed by atoms with Gasteiger partial charge in [0.25, 0.3) is 0 Å². The molecule has 0 saturated carbocycles. The minimum atomic E-state index is -0.280. The van der Waals surface area contributed by atoms with Crippen LogP contribution in [0.25, 0.3) is 0 Å². The quantitative estimate of drug-likeness (QED) is 0.501. The Bertz CT molecular complexity index is 213. The molecule has 0 radical (unpaired) electrons. The van der Waals surface area contributed by atoms with E-state index < -0.39 is 0 Å². The van der Waals surface area contributed by atoms with Crippen molar-refractivity contribution >= 4 is 11.6 Å². The second kappa shape index (κ2) is 2.60. The molecule has 0 aromatic rings. The van der Waals surface area contributed by atoms with Gasteiger partial charge in [0.05, 0.1) is 0 Å². The van der Waals surface area contributed by atoms with Crippen molar-refractivity contribution in [3.05, 3.63) is 24.8 Å². The molecule has 1 atom stereocenters. The lowest BCUT2D eigenvalue weighted by Crippen LogP contribution is -2.17. The molecule has 0 amide bonds. The molecule has 2 nitrogen and oxygen atoms in total. The molecule has 0 aromatic carbocycles. The Kier molecular flexibility index (Phi) is 1.81. The van der Waals surface area contributed by atoms with E-state index in [1.54, 1.807) is 0 Å². The zero-order valence-corrected chi connectivity index (χ0v) is 5.54. The van der Waals surface area contributed by atoms with Gasteiger partial charge in [-0.2, -0.15) is 0 Å². The molecule has 1 aliphatic rings. The Balaban J connectivity index is 2.80. The summed E-state index contributed by atoms with van der Waals surface area (Å²) in [5.41, 5.74) is 0. The van der Waals surface area contributed by atoms with Gasteiger partial charge in [0.2, 0.25) is 0 Å². The zero-order valence-electron chi connectivity index (χ0n) is 5.54. The normalized spacial score (nSPS) is 25.0. The molecule has 10 heavy (non-hydrogen) atoms. The molecule has 0 aromatic heterocycles. The summed E-state index contributed by atoms with van der Waals surface area (Å²) in [6, 6.07) is 0. The summed E-state index contributed by atoms with van der Waals surface area (Å²) in [5, 5.41) is 0. The number of allylic oxidation sites excluding steroid dienone is 3. The molecule has 1 unspecified atom stereocenters.